The van der Waals surface area contributed by atoms with Crippen molar-refractivity contribution in [2.45, 2.75) is 26.4 Å². The lowest BCUT2D eigenvalue weighted by molar-refractivity contribution is 0.546. The number of rotatable bonds is 4. The number of aromatic nitrogens is 3. The highest BCUT2D eigenvalue weighted by atomic mass is 32.1. The van der Waals surface area contributed by atoms with Crippen LogP contribution in [0.2, 0.25) is 0 Å². The van der Waals surface area contributed by atoms with Crippen LogP contribution >= 0.6 is 11.3 Å². The molecule has 0 spiro atoms. The van der Waals surface area contributed by atoms with E-state index >= 15 is 0 Å². The van der Waals surface area contributed by atoms with Gasteiger partial charge in [-0.15, -0.1) is 0 Å². The van der Waals surface area contributed by atoms with Crippen LogP contribution < -0.4 is 5.32 Å². The maximum absolute atomic E-state index is 4.50. The fourth-order valence-corrected chi connectivity index (χ4v) is 2.68. The lowest BCUT2D eigenvalue weighted by atomic mass is 10.3. The molecule has 0 saturated heterocycles. The van der Waals surface area contributed by atoms with E-state index in [-0.39, 0.29) is 0 Å². The van der Waals surface area contributed by atoms with Gasteiger partial charge in [-0.1, -0.05) is 0 Å². The second-order valence-corrected chi connectivity index (χ2v) is 5.58. The molecule has 0 unspecified atom stereocenters. The van der Waals surface area contributed by atoms with Gasteiger partial charge < -0.3 is 5.32 Å². The quantitative estimate of drug-likeness (QED) is 0.787. The van der Waals surface area contributed by atoms with Gasteiger partial charge in [0.25, 0.3) is 0 Å². The molecule has 0 amide bonds. The van der Waals surface area contributed by atoms with Crippen molar-refractivity contribution in [1.82, 2.24) is 14.8 Å². The van der Waals surface area contributed by atoms with Crippen LogP contribution in [0.5, 0.6) is 0 Å². The molecule has 3 aromatic heterocycles. The number of fused-ring (bicyclic) bond motifs is 1. The molecule has 0 aliphatic heterocycles. The van der Waals surface area contributed by atoms with E-state index in [9.17, 15) is 0 Å². The molecule has 0 radical (unpaired) electrons. The summed E-state index contributed by atoms with van der Waals surface area (Å²) in [5, 5.41) is 13.1. The van der Waals surface area contributed by atoms with Gasteiger partial charge in [0.05, 0.1) is 18.1 Å². The summed E-state index contributed by atoms with van der Waals surface area (Å²) < 4.78 is 1.94. The molecule has 5 heteroatoms. The first-order valence-electron chi connectivity index (χ1n) is 6.32. The largest absolute Gasteiger partial charge is 0.380 e. The molecule has 0 bridgehead atoms. The number of pyridine rings is 1. The minimum atomic E-state index is 0.328. The summed E-state index contributed by atoms with van der Waals surface area (Å²) in [5.74, 6) is 0. The predicted molar refractivity (Wildman–Crippen MR) is 79.6 cm³/mol. The van der Waals surface area contributed by atoms with E-state index < -0.39 is 0 Å². The third kappa shape index (κ3) is 2.46. The van der Waals surface area contributed by atoms with Gasteiger partial charge in [0.2, 0.25) is 0 Å². The van der Waals surface area contributed by atoms with E-state index in [1.54, 1.807) is 11.3 Å². The third-order valence-corrected chi connectivity index (χ3v) is 3.73. The lowest BCUT2D eigenvalue weighted by Gasteiger charge is -2.07. The summed E-state index contributed by atoms with van der Waals surface area (Å²) in [5.41, 5.74) is 3.26. The Hall–Kier alpha value is -1.88. The first-order chi connectivity index (χ1) is 9.24. The Kier molecular flexibility index (Phi) is 3.21. The molecular formula is C14H16N4S. The average Bonchev–Trinajstić information content (AvgIpc) is 3.05. The Morgan fingerprint density at radius 1 is 1.37 bits per heavy atom. The number of hydrogen-bond acceptors (Lipinski definition) is 4. The smallest absolute Gasteiger partial charge is 0.158 e. The van der Waals surface area contributed by atoms with E-state index in [0.29, 0.717) is 6.04 Å². The molecule has 0 aliphatic carbocycles. The lowest BCUT2D eigenvalue weighted by Crippen LogP contribution is -2.03. The number of nitrogens with zero attached hydrogens (tertiary/aromatic N) is 3. The highest BCUT2D eigenvalue weighted by Gasteiger charge is 2.07. The molecule has 3 heterocycles. The molecule has 3 aromatic rings. The number of anilines is 1. The molecule has 98 valence electrons. The van der Waals surface area contributed by atoms with Gasteiger partial charge in [0.15, 0.2) is 5.65 Å². The van der Waals surface area contributed by atoms with Gasteiger partial charge in [-0.25, -0.2) is 9.67 Å². The molecule has 4 nitrogen and oxygen atoms in total. The first kappa shape index (κ1) is 12.2. The van der Waals surface area contributed by atoms with Crippen molar-refractivity contribution in [3.05, 3.63) is 40.8 Å². The maximum atomic E-state index is 4.50. The van der Waals surface area contributed by atoms with Crippen molar-refractivity contribution in [3.63, 3.8) is 0 Å². The molecule has 0 atom stereocenters. The highest BCUT2D eigenvalue weighted by molar-refractivity contribution is 7.07. The molecule has 0 aromatic carbocycles. The topological polar surface area (TPSA) is 42.7 Å². The zero-order valence-electron chi connectivity index (χ0n) is 11.0. The summed E-state index contributed by atoms with van der Waals surface area (Å²) in [7, 11) is 0. The van der Waals surface area contributed by atoms with Crippen LogP contribution in [-0.4, -0.2) is 14.8 Å². The molecule has 0 fully saturated rings. The van der Waals surface area contributed by atoms with Crippen LogP contribution in [0.15, 0.2) is 35.3 Å². The van der Waals surface area contributed by atoms with E-state index in [1.807, 2.05) is 17.1 Å². The van der Waals surface area contributed by atoms with Crippen molar-refractivity contribution >= 4 is 28.1 Å². The minimum absolute atomic E-state index is 0.328. The molecule has 3 rings (SSSR count). The van der Waals surface area contributed by atoms with Gasteiger partial charge in [-0.3, -0.25) is 0 Å². The van der Waals surface area contributed by atoms with Crippen molar-refractivity contribution in [2.24, 2.45) is 0 Å². The van der Waals surface area contributed by atoms with Gasteiger partial charge >= 0.3 is 0 Å². The van der Waals surface area contributed by atoms with E-state index in [4.69, 9.17) is 0 Å². The van der Waals surface area contributed by atoms with Gasteiger partial charge in [0, 0.05) is 18.0 Å². The minimum Gasteiger partial charge on any atom is -0.380 e. The van der Waals surface area contributed by atoms with Crippen LogP contribution in [0, 0.1) is 0 Å². The van der Waals surface area contributed by atoms with Crippen LogP contribution in [0.4, 0.5) is 5.69 Å². The predicted octanol–water partition coefficient (Wildman–Crippen LogP) is 3.69. The Balaban J connectivity index is 1.82. The molecule has 19 heavy (non-hydrogen) atoms. The second-order valence-electron chi connectivity index (χ2n) is 4.80. The van der Waals surface area contributed by atoms with Crippen molar-refractivity contribution in [3.8, 4) is 0 Å². The summed E-state index contributed by atoms with van der Waals surface area (Å²) >= 11 is 1.71. The first-order valence-corrected chi connectivity index (χ1v) is 7.26. The van der Waals surface area contributed by atoms with Gasteiger partial charge in [-0.05, 0) is 42.3 Å². The van der Waals surface area contributed by atoms with Gasteiger partial charge in [-0.2, -0.15) is 16.4 Å². The highest BCUT2D eigenvalue weighted by Crippen LogP contribution is 2.19. The monoisotopic (exact) mass is 272 g/mol. The maximum Gasteiger partial charge on any atom is 0.158 e. The van der Waals surface area contributed by atoms with Crippen molar-refractivity contribution < 1.29 is 0 Å². The summed E-state index contributed by atoms with van der Waals surface area (Å²) in [6.45, 7) is 5.04. The Bertz CT molecular complexity index is 670. The Morgan fingerprint density at radius 2 is 2.26 bits per heavy atom. The average molecular weight is 272 g/mol. The van der Waals surface area contributed by atoms with Crippen LogP contribution in [0.3, 0.4) is 0 Å². The van der Waals surface area contributed by atoms with Crippen molar-refractivity contribution in [2.75, 3.05) is 5.32 Å². The third-order valence-electron chi connectivity index (χ3n) is 3.00. The fourth-order valence-electron chi connectivity index (χ4n) is 2.01. The second kappa shape index (κ2) is 5.01. The zero-order valence-corrected chi connectivity index (χ0v) is 11.8. The number of thiophene rings is 1. The van der Waals surface area contributed by atoms with Crippen LogP contribution in [0.1, 0.15) is 25.5 Å². The van der Waals surface area contributed by atoms with Gasteiger partial charge in [0.1, 0.15) is 0 Å². The summed E-state index contributed by atoms with van der Waals surface area (Å²) in [4.78, 5) is 4.50. The molecular weight excluding hydrogens is 256 g/mol. The zero-order chi connectivity index (χ0) is 13.2. The summed E-state index contributed by atoms with van der Waals surface area (Å²) in [6, 6.07) is 4.55. The van der Waals surface area contributed by atoms with Crippen LogP contribution in [0.25, 0.3) is 11.0 Å². The normalized spacial score (nSPS) is 11.3. The standard InChI is InChI=1S/C14H16N4S/c1-10(2)18-14-12(7-17-18)5-13(8-16-14)15-6-11-3-4-19-9-11/h3-5,7-10,15H,6H2,1-2H3. The van der Waals surface area contributed by atoms with Crippen molar-refractivity contribution in [1.29, 1.82) is 0 Å². The van der Waals surface area contributed by atoms with E-state index in [0.717, 1.165) is 23.3 Å². The summed E-state index contributed by atoms with van der Waals surface area (Å²) in [6.07, 6.45) is 3.74. The molecule has 0 saturated carbocycles. The SMILES string of the molecule is CC(C)n1ncc2cc(NCc3ccsc3)cnc21. The molecule has 0 aliphatic rings. The number of hydrogen-bond donors (Lipinski definition) is 1. The van der Waals surface area contributed by atoms with Crippen LogP contribution in [-0.2, 0) is 6.54 Å². The molecule has 1 N–H and O–H groups in total. The Labute approximate surface area is 116 Å². The Morgan fingerprint density at radius 3 is 3.00 bits per heavy atom. The van der Waals surface area contributed by atoms with E-state index in [2.05, 4.69) is 52.1 Å². The number of nitrogens with one attached hydrogen (secondary N) is 1. The fraction of sp³-hybridized carbons (Fsp3) is 0.286. The van der Waals surface area contributed by atoms with E-state index in [1.165, 1.54) is 5.56 Å².